The number of carbonyl (C=O) groups excluding carboxylic acids is 2. The summed E-state index contributed by atoms with van der Waals surface area (Å²) in [6.45, 7) is 1.82. The van der Waals surface area contributed by atoms with E-state index in [1.54, 1.807) is 49.5 Å². The number of ether oxygens (including phenoxy) is 3. The van der Waals surface area contributed by atoms with Crippen molar-refractivity contribution in [2.24, 2.45) is 0 Å². The molecule has 0 aliphatic rings. The third-order valence-electron chi connectivity index (χ3n) is 4.71. The number of aromatic nitrogens is 2. The van der Waals surface area contributed by atoms with Crippen LogP contribution in [0.5, 0.6) is 23.0 Å². The maximum atomic E-state index is 11.5. The Hall–Kier alpha value is -3.10. The van der Waals surface area contributed by atoms with Crippen LogP contribution in [-0.4, -0.2) is 39.6 Å². The van der Waals surface area contributed by atoms with E-state index in [2.05, 4.69) is 16.0 Å². The third-order valence-corrected chi connectivity index (χ3v) is 4.98. The third kappa shape index (κ3) is 17.9. The summed E-state index contributed by atoms with van der Waals surface area (Å²) in [6, 6.07) is 22.6. The molecule has 0 saturated heterocycles. The smallest absolute Gasteiger partial charge is 0.269 e. The Bertz CT molecular complexity index is 1430. The maximum Gasteiger partial charge on any atom is 0.269 e. The molecular weight excluding hydrogens is 759 g/mol. The first-order valence-corrected chi connectivity index (χ1v) is 12.5. The molecule has 1 radical (unpaired) electrons. The predicted octanol–water partition coefficient (Wildman–Crippen LogP) is 6.65. The molecule has 0 bridgehead atoms. The van der Waals surface area contributed by atoms with Gasteiger partial charge in [-0.2, -0.15) is 18.2 Å². The monoisotopic (exact) mass is 791 g/mol. The van der Waals surface area contributed by atoms with Crippen LogP contribution in [0.3, 0.4) is 0 Å². The van der Waals surface area contributed by atoms with E-state index in [1.807, 2.05) is 12.1 Å². The van der Waals surface area contributed by atoms with Crippen LogP contribution in [0.25, 0.3) is 0 Å². The molecule has 237 valence electrons. The van der Waals surface area contributed by atoms with Crippen LogP contribution in [0.4, 0.5) is 11.5 Å². The van der Waals surface area contributed by atoms with Crippen molar-refractivity contribution in [1.29, 1.82) is 0 Å². The molecule has 0 amide bonds. The van der Waals surface area contributed by atoms with Crippen LogP contribution in [-0.2, 0) is 73.9 Å². The summed E-state index contributed by atoms with van der Waals surface area (Å²) in [7, 11) is 1.50. The molecule has 2 aromatic heterocycles. The molecule has 0 unspecified atom stereocenters. The van der Waals surface area contributed by atoms with Crippen LogP contribution in [0, 0.1) is 23.6 Å². The van der Waals surface area contributed by atoms with E-state index in [0.29, 0.717) is 35.2 Å². The van der Waals surface area contributed by atoms with Gasteiger partial charge in [-0.15, -0.1) is 12.1 Å². The average molecular weight is 792 g/mol. The number of nitrogens with zero attached hydrogens (tertiary/aromatic N) is 3. The van der Waals surface area contributed by atoms with E-state index in [9.17, 15) is 19.7 Å². The Kier molecular flexibility index (Phi) is 23.7. The van der Waals surface area contributed by atoms with Crippen molar-refractivity contribution in [2.75, 3.05) is 19.5 Å². The Labute approximate surface area is 302 Å². The fourth-order valence-electron chi connectivity index (χ4n) is 2.87. The molecule has 2 heterocycles. The number of ketones is 1. The molecule has 0 fully saturated rings. The summed E-state index contributed by atoms with van der Waals surface area (Å²) in [5.74, 6) is 2.75. The molecule has 11 nitrogen and oxygen atoms in total. The zero-order chi connectivity index (χ0) is 30.0. The molecule has 0 atom stereocenters. The number of pyridine rings is 2. The van der Waals surface area contributed by atoms with Crippen LogP contribution >= 0.6 is 11.6 Å². The number of anilines is 1. The van der Waals surface area contributed by atoms with Gasteiger partial charge in [-0.3, -0.25) is 24.7 Å². The molecule has 2 N–H and O–H groups in total. The summed E-state index contributed by atoms with van der Waals surface area (Å²) >= 11 is 4.82. The van der Waals surface area contributed by atoms with Gasteiger partial charge >= 0.3 is 0 Å². The number of carbonyl (C=O) groups is 2. The number of nitrogen functional groups attached to an aromatic ring is 1. The summed E-state index contributed by atoms with van der Waals surface area (Å²) in [5.41, 5.74) is 6.18. The summed E-state index contributed by atoms with van der Waals surface area (Å²) < 4.78 is 15.9. The van der Waals surface area contributed by atoms with Gasteiger partial charge in [-0.05, 0) is 35.9 Å². The molecule has 4 aromatic rings. The fourth-order valence-corrected chi connectivity index (χ4v) is 2.87. The molecule has 0 aliphatic carbocycles. The minimum Gasteiger partial charge on any atom is -0.483 e. The van der Waals surface area contributed by atoms with E-state index in [1.165, 1.54) is 37.6 Å². The van der Waals surface area contributed by atoms with E-state index in [4.69, 9.17) is 31.5 Å². The molecule has 0 spiro atoms. The minimum absolute atomic E-state index is 0. The maximum absolute atomic E-state index is 11.5. The Balaban J connectivity index is -0.000000635. The number of methoxy groups -OCH3 is 1. The van der Waals surface area contributed by atoms with Gasteiger partial charge in [0.1, 0.15) is 29.7 Å². The Morgan fingerprint density at radius 1 is 0.955 bits per heavy atom. The standard InChI is InChI=1S/C15H14NO3.C11H9N3O3.C3H5ClO.CH3.Pd.Y.H2/c1-18-11-13(17)9-12-10-15(7-8-16-12)19-14-5-3-2-4-6-14;12-11-7-10(5-6-13-11)17-9-3-1-8(2-4-9)14(15)16;1-2-3(4)5;;;;/h3-8,10H,9,11H2,1H3;1-7H,(H2,12,13);2H2,1H3;1H3;;;1H/q-1;;;-1;;;. The zero-order valence-corrected chi connectivity index (χ0v) is 29.4. The van der Waals surface area contributed by atoms with Crippen molar-refractivity contribution in [3.05, 3.63) is 114 Å². The minimum atomic E-state index is -0.464. The molecule has 0 saturated carbocycles. The van der Waals surface area contributed by atoms with Gasteiger partial charge in [0.2, 0.25) is 5.24 Å². The summed E-state index contributed by atoms with van der Waals surface area (Å²) in [4.78, 5) is 39.0. The number of hydrogen-bond donors (Lipinski definition) is 1. The zero-order valence-electron chi connectivity index (χ0n) is 24.3. The quantitative estimate of drug-likeness (QED) is 0.0607. The predicted molar refractivity (Wildman–Crippen MR) is 162 cm³/mol. The van der Waals surface area contributed by atoms with Crippen molar-refractivity contribution in [3.63, 3.8) is 0 Å². The van der Waals surface area contributed by atoms with Crippen LogP contribution in [0.2, 0.25) is 0 Å². The number of benzene rings is 2. The number of Topliss-reactive ketones (excluding diaryl/α,β-unsaturated/α-hetero) is 1. The first-order valence-electron chi connectivity index (χ1n) is 12.1. The molecule has 14 heteroatoms. The number of nitrogens with two attached hydrogens (primary N) is 1. The molecule has 0 aliphatic heterocycles. The molecule has 44 heavy (non-hydrogen) atoms. The SMILES string of the molecule is CCC(=O)Cl.COCC(=O)Cc1cc(Oc2cc[c-]cc2)ccn1.Nc1cc(Oc2ccc([N+](=O)[O-])cc2)ccn1.[CH3-].[HH].[Pd].[Y]. The van der Waals surface area contributed by atoms with E-state index in [-0.39, 0.29) is 91.7 Å². The number of nitro benzene ring substituents is 1. The topological polar surface area (TPSA) is 157 Å². The fraction of sp³-hybridized carbons (Fsp3) is 0.167. The van der Waals surface area contributed by atoms with Gasteiger partial charge in [0.15, 0.2) is 5.78 Å². The number of hydrogen-bond acceptors (Lipinski definition) is 10. The second-order valence-electron chi connectivity index (χ2n) is 7.95. The van der Waals surface area contributed by atoms with Crippen molar-refractivity contribution in [2.45, 2.75) is 19.8 Å². The van der Waals surface area contributed by atoms with Gasteiger partial charge in [0.05, 0.1) is 17.0 Å². The van der Waals surface area contributed by atoms with Crippen molar-refractivity contribution in [3.8, 4) is 23.0 Å². The molecule has 4 rings (SSSR count). The van der Waals surface area contributed by atoms with Gasteiger partial charge < -0.3 is 27.4 Å². The summed E-state index contributed by atoms with van der Waals surface area (Å²) in [5, 5.41) is 10.2. The number of non-ortho nitro benzene ring substituents is 1. The Morgan fingerprint density at radius 2 is 1.48 bits per heavy atom. The number of nitro groups is 1. The molecular formula is C30H33ClN4O7PdY-2. The second-order valence-corrected chi connectivity index (χ2v) is 8.37. The molecule has 2 aromatic carbocycles. The van der Waals surface area contributed by atoms with E-state index in [0.717, 1.165) is 5.75 Å². The van der Waals surface area contributed by atoms with Gasteiger partial charge in [-0.25, -0.2) is 4.98 Å². The van der Waals surface area contributed by atoms with Crippen molar-refractivity contribution >= 4 is 34.1 Å². The van der Waals surface area contributed by atoms with E-state index >= 15 is 0 Å². The normalized spacial score (nSPS) is 9.07. The summed E-state index contributed by atoms with van der Waals surface area (Å²) in [6.07, 6.45) is 3.82. The first kappa shape index (κ1) is 43.0. The number of halogens is 1. The van der Waals surface area contributed by atoms with Gasteiger partial charge in [0.25, 0.3) is 5.69 Å². The second kappa shape index (κ2) is 24.2. The Morgan fingerprint density at radius 3 is 1.98 bits per heavy atom. The van der Waals surface area contributed by atoms with Crippen LogP contribution < -0.4 is 15.2 Å². The van der Waals surface area contributed by atoms with Gasteiger partial charge in [-0.1, -0.05) is 6.92 Å². The van der Waals surface area contributed by atoms with Gasteiger partial charge in [0, 0.05) is 110 Å². The average Bonchev–Trinajstić information content (AvgIpc) is 2.95. The van der Waals surface area contributed by atoms with Crippen molar-refractivity contribution in [1.82, 2.24) is 9.97 Å². The first-order chi connectivity index (χ1) is 19.7. The van der Waals surface area contributed by atoms with Crippen LogP contribution in [0.1, 0.15) is 20.5 Å². The van der Waals surface area contributed by atoms with E-state index < -0.39 is 4.92 Å². The van der Waals surface area contributed by atoms with Crippen LogP contribution in [0.15, 0.2) is 85.2 Å². The van der Waals surface area contributed by atoms with Crippen molar-refractivity contribution < 1.29 is 83.3 Å². The largest absolute Gasteiger partial charge is 0.483 e. The number of rotatable bonds is 10.